The van der Waals surface area contributed by atoms with Crippen LogP contribution in [0.1, 0.15) is 20.8 Å². The van der Waals surface area contributed by atoms with Crippen molar-refractivity contribution in [3.8, 4) is 0 Å². The van der Waals surface area contributed by atoms with E-state index in [4.69, 9.17) is 32.7 Å². The van der Waals surface area contributed by atoms with Crippen LogP contribution in [-0.2, 0) is 9.47 Å². The third-order valence-electron chi connectivity index (χ3n) is 2.79. The Hall–Kier alpha value is -1.46. The average Bonchev–Trinajstić information content (AvgIpc) is 2.73. The highest BCUT2D eigenvalue weighted by atomic mass is 35.5. The van der Waals surface area contributed by atoms with Gasteiger partial charge in [0.25, 0.3) is 0 Å². The summed E-state index contributed by atoms with van der Waals surface area (Å²) >= 11 is 11.8. The summed E-state index contributed by atoms with van der Waals surface area (Å²) in [5.41, 5.74) is 0.135. The number of nitrogens with one attached hydrogen (secondary N) is 1. The van der Waals surface area contributed by atoms with Gasteiger partial charge in [0.2, 0.25) is 5.90 Å². The Morgan fingerprint density at radius 3 is 2.76 bits per heavy atom. The summed E-state index contributed by atoms with van der Waals surface area (Å²) in [4.78, 5) is 16.2. The van der Waals surface area contributed by atoms with Gasteiger partial charge in [-0.2, -0.15) is 0 Å². The van der Waals surface area contributed by atoms with Crippen LogP contribution in [0.5, 0.6) is 0 Å². The van der Waals surface area contributed by atoms with E-state index in [9.17, 15) is 4.79 Å². The van der Waals surface area contributed by atoms with Crippen LogP contribution in [0.25, 0.3) is 0 Å². The van der Waals surface area contributed by atoms with Crippen molar-refractivity contribution in [1.29, 1.82) is 0 Å². The van der Waals surface area contributed by atoms with Gasteiger partial charge in [0.1, 0.15) is 6.61 Å². The normalized spacial score (nSPS) is 17.7. The molecule has 1 unspecified atom stereocenters. The maximum Gasteiger partial charge on any atom is 0.412 e. The van der Waals surface area contributed by atoms with Crippen molar-refractivity contribution in [3.05, 3.63) is 28.2 Å². The molecular weight excluding hydrogens is 315 g/mol. The summed E-state index contributed by atoms with van der Waals surface area (Å²) in [5.74, 6) is 0.414. The van der Waals surface area contributed by atoms with Crippen LogP contribution in [0.15, 0.2) is 23.2 Å². The largest absolute Gasteiger partial charge is 0.476 e. The molecule has 1 aliphatic heterocycles. The van der Waals surface area contributed by atoms with Crippen molar-refractivity contribution in [3.63, 3.8) is 0 Å². The first-order valence-corrected chi connectivity index (χ1v) is 7.18. The number of hydrogen-bond acceptors (Lipinski definition) is 4. The van der Waals surface area contributed by atoms with Gasteiger partial charge in [-0.15, -0.1) is 0 Å². The van der Waals surface area contributed by atoms with Gasteiger partial charge in [0, 0.05) is 5.02 Å². The molecule has 21 heavy (non-hydrogen) atoms. The topological polar surface area (TPSA) is 59.9 Å². The van der Waals surface area contributed by atoms with E-state index in [1.54, 1.807) is 19.1 Å². The number of rotatable bonds is 3. The molecule has 1 aromatic rings. The van der Waals surface area contributed by atoms with E-state index in [0.717, 1.165) is 0 Å². The summed E-state index contributed by atoms with van der Waals surface area (Å²) in [7, 11) is 0. The van der Waals surface area contributed by atoms with Crippen LogP contribution in [-0.4, -0.2) is 30.2 Å². The van der Waals surface area contributed by atoms with Crippen LogP contribution >= 0.6 is 23.2 Å². The first-order chi connectivity index (χ1) is 9.77. The Balaban J connectivity index is 1.96. The number of carbonyl (C=O) groups is 1. The standard InChI is InChI=1S/C14H16Cl2N2O3/c1-8(12-18-14(2,3)7-20-12)21-13(19)17-11-5-4-9(15)6-10(11)16/h4-6,8H,7H2,1-3H3,(H,17,19). The van der Waals surface area contributed by atoms with Gasteiger partial charge < -0.3 is 9.47 Å². The van der Waals surface area contributed by atoms with Crippen molar-refractivity contribution >= 4 is 40.9 Å². The second-order valence-electron chi connectivity index (χ2n) is 5.35. The maximum atomic E-state index is 11.8. The second kappa shape index (κ2) is 6.12. The number of aliphatic imine (C=N–C) groups is 1. The predicted molar refractivity (Wildman–Crippen MR) is 83.5 cm³/mol. The van der Waals surface area contributed by atoms with E-state index in [-0.39, 0.29) is 5.54 Å². The van der Waals surface area contributed by atoms with Crippen LogP contribution < -0.4 is 5.32 Å². The predicted octanol–water partition coefficient (Wildman–Crippen LogP) is 4.14. The number of halogens is 2. The van der Waals surface area contributed by atoms with Crippen molar-refractivity contribution in [2.75, 3.05) is 11.9 Å². The molecule has 0 bridgehead atoms. The second-order valence-corrected chi connectivity index (χ2v) is 6.19. The molecule has 1 heterocycles. The molecule has 1 aliphatic rings. The Labute approximate surface area is 133 Å². The molecule has 5 nitrogen and oxygen atoms in total. The van der Waals surface area contributed by atoms with E-state index in [0.29, 0.717) is 28.2 Å². The SMILES string of the molecule is CC(OC(=O)Nc1ccc(Cl)cc1Cl)C1=NC(C)(C)CO1. The first kappa shape index (κ1) is 15.9. The number of carbonyl (C=O) groups excluding carboxylic acids is 1. The summed E-state index contributed by atoms with van der Waals surface area (Å²) in [6.07, 6.45) is -1.21. The van der Waals surface area contributed by atoms with E-state index < -0.39 is 12.2 Å². The Bertz CT molecular complexity index is 588. The zero-order valence-electron chi connectivity index (χ0n) is 11.9. The molecule has 7 heteroatoms. The molecule has 0 saturated carbocycles. The molecular formula is C14H16Cl2N2O3. The highest BCUT2D eigenvalue weighted by molar-refractivity contribution is 6.36. The quantitative estimate of drug-likeness (QED) is 0.906. The number of ether oxygens (including phenoxy) is 2. The van der Waals surface area contributed by atoms with Gasteiger partial charge in [-0.1, -0.05) is 23.2 Å². The molecule has 0 aromatic heterocycles. The molecule has 0 spiro atoms. The number of amides is 1. The molecule has 1 amide bonds. The fraction of sp³-hybridized carbons (Fsp3) is 0.429. The minimum atomic E-state index is -0.636. The van der Waals surface area contributed by atoms with Crippen LogP contribution in [0.2, 0.25) is 10.0 Å². The van der Waals surface area contributed by atoms with E-state index in [1.165, 1.54) is 6.07 Å². The summed E-state index contributed by atoms with van der Waals surface area (Å²) in [6, 6.07) is 4.76. The molecule has 1 aromatic carbocycles. The fourth-order valence-corrected chi connectivity index (χ4v) is 2.22. The lowest BCUT2D eigenvalue weighted by atomic mass is 10.1. The van der Waals surface area contributed by atoms with E-state index in [1.807, 2.05) is 13.8 Å². The molecule has 114 valence electrons. The Morgan fingerprint density at radius 1 is 1.48 bits per heavy atom. The molecule has 0 radical (unpaired) electrons. The monoisotopic (exact) mass is 330 g/mol. The molecule has 1 N–H and O–H groups in total. The van der Waals surface area contributed by atoms with Crippen molar-refractivity contribution in [1.82, 2.24) is 0 Å². The van der Waals surface area contributed by atoms with Crippen molar-refractivity contribution in [2.24, 2.45) is 4.99 Å². The van der Waals surface area contributed by atoms with E-state index in [2.05, 4.69) is 10.3 Å². The first-order valence-electron chi connectivity index (χ1n) is 6.42. The summed E-state index contributed by atoms with van der Waals surface area (Å²) < 4.78 is 10.6. The van der Waals surface area contributed by atoms with Gasteiger partial charge in [0.15, 0.2) is 6.10 Å². The van der Waals surface area contributed by atoms with Crippen LogP contribution in [0.3, 0.4) is 0 Å². The lowest BCUT2D eigenvalue weighted by molar-refractivity contribution is 0.135. The average molecular weight is 331 g/mol. The minimum Gasteiger partial charge on any atom is -0.476 e. The number of hydrogen-bond donors (Lipinski definition) is 1. The minimum absolute atomic E-state index is 0.289. The zero-order valence-corrected chi connectivity index (χ0v) is 13.5. The lowest BCUT2D eigenvalue weighted by Crippen LogP contribution is -2.27. The number of nitrogens with zero attached hydrogens (tertiary/aromatic N) is 1. The zero-order chi connectivity index (χ0) is 15.6. The number of anilines is 1. The molecule has 0 aliphatic carbocycles. The van der Waals surface area contributed by atoms with E-state index >= 15 is 0 Å². The van der Waals surface area contributed by atoms with Gasteiger partial charge in [-0.3, -0.25) is 5.32 Å². The van der Waals surface area contributed by atoms with Gasteiger partial charge in [0.05, 0.1) is 16.2 Å². The van der Waals surface area contributed by atoms with Crippen molar-refractivity contribution < 1.29 is 14.3 Å². The smallest absolute Gasteiger partial charge is 0.412 e. The van der Waals surface area contributed by atoms with Crippen LogP contribution in [0, 0.1) is 0 Å². The highest BCUT2D eigenvalue weighted by Crippen LogP contribution is 2.25. The molecule has 2 rings (SSSR count). The third kappa shape index (κ3) is 4.25. The molecule has 1 atom stereocenters. The van der Waals surface area contributed by atoms with Gasteiger partial charge in [-0.05, 0) is 39.0 Å². The van der Waals surface area contributed by atoms with Crippen LogP contribution in [0.4, 0.5) is 10.5 Å². The third-order valence-corrected chi connectivity index (χ3v) is 3.33. The molecule has 0 saturated heterocycles. The highest BCUT2D eigenvalue weighted by Gasteiger charge is 2.30. The summed E-state index contributed by atoms with van der Waals surface area (Å²) in [6.45, 7) is 6.06. The summed E-state index contributed by atoms with van der Waals surface area (Å²) in [5, 5.41) is 3.38. The van der Waals surface area contributed by atoms with Gasteiger partial charge >= 0.3 is 6.09 Å². The maximum absolute atomic E-state index is 11.8. The fourth-order valence-electron chi connectivity index (χ4n) is 1.76. The Kier molecular flexibility index (Phi) is 4.64. The Morgan fingerprint density at radius 2 is 2.19 bits per heavy atom. The molecule has 0 fully saturated rings. The van der Waals surface area contributed by atoms with Crippen molar-refractivity contribution in [2.45, 2.75) is 32.4 Å². The van der Waals surface area contributed by atoms with Gasteiger partial charge in [-0.25, -0.2) is 9.79 Å². The lowest BCUT2D eigenvalue weighted by Gasteiger charge is -2.14. The number of benzene rings is 1.